The second kappa shape index (κ2) is 10.5. The molecule has 0 spiro atoms. The summed E-state index contributed by atoms with van der Waals surface area (Å²) in [5.41, 5.74) is 2.16. The lowest BCUT2D eigenvalue weighted by Gasteiger charge is -2.19. The van der Waals surface area contributed by atoms with Crippen molar-refractivity contribution in [3.05, 3.63) is 75.6 Å². The maximum atomic E-state index is 12.9. The number of aromatic nitrogens is 6. The standard InChI is InChI=1S/C25H24ClN7O2S/c1-14(9-19(34)18-10-17(30-13-31-18)15-5-7-27-8-6-15)23-28-12-20(36-23)22(35)33-24-29-11-16(26)21(32-24)25(2,3)4/h5-8,10-14H,9H2,1-4H3,(H,29,32,33,35). The highest BCUT2D eigenvalue weighted by Crippen LogP contribution is 2.29. The molecule has 1 amide bonds. The summed E-state index contributed by atoms with van der Waals surface area (Å²) in [5, 5.41) is 3.81. The van der Waals surface area contributed by atoms with E-state index in [1.54, 1.807) is 18.5 Å². The Morgan fingerprint density at radius 1 is 1.08 bits per heavy atom. The lowest BCUT2D eigenvalue weighted by molar-refractivity contribution is 0.0969. The number of hydrogen-bond acceptors (Lipinski definition) is 9. The Bertz CT molecular complexity index is 1400. The fraction of sp³-hybridized carbons (Fsp3) is 0.280. The van der Waals surface area contributed by atoms with Gasteiger partial charge in [-0.15, -0.1) is 11.3 Å². The molecule has 4 aromatic heterocycles. The molecule has 0 bridgehead atoms. The van der Waals surface area contributed by atoms with Crippen LogP contribution < -0.4 is 5.32 Å². The molecule has 0 saturated heterocycles. The molecule has 184 valence electrons. The van der Waals surface area contributed by atoms with E-state index in [1.165, 1.54) is 30.1 Å². The Hall–Kier alpha value is -3.63. The summed E-state index contributed by atoms with van der Waals surface area (Å²) in [4.78, 5) is 51.3. The Balaban J connectivity index is 1.43. The Kier molecular flexibility index (Phi) is 7.46. The van der Waals surface area contributed by atoms with Crippen LogP contribution in [0.5, 0.6) is 0 Å². The van der Waals surface area contributed by atoms with E-state index in [0.29, 0.717) is 32.0 Å². The van der Waals surface area contributed by atoms with Crippen LogP contribution in [-0.2, 0) is 5.41 Å². The van der Waals surface area contributed by atoms with Gasteiger partial charge < -0.3 is 0 Å². The molecule has 0 saturated carbocycles. The normalized spacial score (nSPS) is 12.2. The highest BCUT2D eigenvalue weighted by molar-refractivity contribution is 7.13. The number of amides is 1. The number of nitrogens with zero attached hydrogens (tertiary/aromatic N) is 6. The van der Waals surface area contributed by atoms with Crippen molar-refractivity contribution in [2.45, 2.75) is 45.4 Å². The van der Waals surface area contributed by atoms with Gasteiger partial charge in [0.2, 0.25) is 5.95 Å². The second-order valence-corrected chi connectivity index (χ2v) is 10.7. The minimum Gasteiger partial charge on any atom is -0.292 e. The van der Waals surface area contributed by atoms with E-state index in [0.717, 1.165) is 5.56 Å². The summed E-state index contributed by atoms with van der Waals surface area (Å²) in [6, 6.07) is 5.31. The van der Waals surface area contributed by atoms with Gasteiger partial charge in [-0.05, 0) is 18.2 Å². The molecule has 4 rings (SSSR count). The molecule has 1 atom stereocenters. The van der Waals surface area contributed by atoms with Crippen molar-refractivity contribution in [2.75, 3.05) is 5.32 Å². The van der Waals surface area contributed by atoms with Gasteiger partial charge in [-0.3, -0.25) is 19.9 Å². The van der Waals surface area contributed by atoms with Crippen molar-refractivity contribution in [2.24, 2.45) is 0 Å². The molecule has 0 aliphatic heterocycles. The van der Waals surface area contributed by atoms with Crippen LogP contribution in [0.4, 0.5) is 5.95 Å². The third-order valence-electron chi connectivity index (χ3n) is 5.27. The molecule has 0 aliphatic carbocycles. The molecule has 9 nitrogen and oxygen atoms in total. The van der Waals surface area contributed by atoms with Crippen LogP contribution in [0.3, 0.4) is 0 Å². The van der Waals surface area contributed by atoms with Crippen molar-refractivity contribution in [3.63, 3.8) is 0 Å². The first-order valence-corrected chi connectivity index (χ1v) is 12.4. The van der Waals surface area contributed by atoms with Crippen LogP contribution in [0.25, 0.3) is 11.3 Å². The van der Waals surface area contributed by atoms with Gasteiger partial charge in [-0.2, -0.15) is 0 Å². The Morgan fingerprint density at radius 2 is 1.83 bits per heavy atom. The predicted molar refractivity (Wildman–Crippen MR) is 138 cm³/mol. The monoisotopic (exact) mass is 521 g/mol. The number of anilines is 1. The average Bonchev–Trinajstić information content (AvgIpc) is 3.36. The molecule has 36 heavy (non-hydrogen) atoms. The topological polar surface area (TPSA) is 124 Å². The van der Waals surface area contributed by atoms with Crippen LogP contribution in [-0.4, -0.2) is 41.6 Å². The summed E-state index contributed by atoms with van der Waals surface area (Å²) in [6.45, 7) is 7.83. The molecule has 0 aromatic carbocycles. The number of thiazole rings is 1. The molecule has 11 heteroatoms. The van der Waals surface area contributed by atoms with Crippen LogP contribution in [0, 0.1) is 0 Å². The lowest BCUT2D eigenvalue weighted by atomic mass is 9.92. The molecule has 1 unspecified atom stereocenters. The molecule has 0 fully saturated rings. The number of pyridine rings is 1. The van der Waals surface area contributed by atoms with Crippen molar-refractivity contribution in [1.82, 2.24) is 29.9 Å². The number of nitrogens with one attached hydrogen (secondary N) is 1. The Morgan fingerprint density at radius 3 is 2.56 bits per heavy atom. The predicted octanol–water partition coefficient (Wildman–Crippen LogP) is 5.36. The number of Topliss-reactive ketones (excluding diaryl/α,β-unsaturated/α-hetero) is 1. The van der Waals surface area contributed by atoms with E-state index in [-0.39, 0.29) is 35.4 Å². The number of carbonyl (C=O) groups is 2. The minimum atomic E-state index is -0.378. The minimum absolute atomic E-state index is 0.134. The number of carbonyl (C=O) groups excluding carboxylic acids is 2. The maximum Gasteiger partial charge on any atom is 0.269 e. The van der Waals surface area contributed by atoms with E-state index in [1.807, 2.05) is 39.8 Å². The summed E-state index contributed by atoms with van der Waals surface area (Å²) in [7, 11) is 0. The smallest absolute Gasteiger partial charge is 0.269 e. The van der Waals surface area contributed by atoms with Crippen LogP contribution in [0.2, 0.25) is 5.02 Å². The first-order valence-electron chi connectivity index (χ1n) is 11.2. The molecule has 4 aromatic rings. The summed E-state index contributed by atoms with van der Waals surface area (Å²) in [5.74, 6) is -0.549. The molecule has 0 aliphatic rings. The molecular weight excluding hydrogens is 498 g/mol. The maximum absolute atomic E-state index is 12.9. The second-order valence-electron chi connectivity index (χ2n) is 9.21. The Labute approximate surface area is 217 Å². The third-order valence-corrected chi connectivity index (χ3v) is 6.77. The van der Waals surface area contributed by atoms with Gasteiger partial charge in [-0.25, -0.2) is 24.9 Å². The zero-order chi connectivity index (χ0) is 25.9. The summed E-state index contributed by atoms with van der Waals surface area (Å²) >= 11 is 7.44. The van der Waals surface area contributed by atoms with Gasteiger partial charge in [0.25, 0.3) is 5.91 Å². The summed E-state index contributed by atoms with van der Waals surface area (Å²) in [6.07, 6.45) is 7.87. The SMILES string of the molecule is CC(CC(=O)c1cc(-c2ccncc2)ncn1)c1ncc(C(=O)Nc2ncc(Cl)c(C(C)(C)C)n2)s1. The molecular formula is C25H24ClN7O2S. The van der Waals surface area contributed by atoms with E-state index < -0.39 is 0 Å². The van der Waals surface area contributed by atoms with Crippen molar-refractivity contribution in [1.29, 1.82) is 0 Å². The van der Waals surface area contributed by atoms with Crippen molar-refractivity contribution in [3.8, 4) is 11.3 Å². The molecule has 0 radical (unpaired) electrons. The van der Waals surface area contributed by atoms with Gasteiger partial charge in [0.1, 0.15) is 16.9 Å². The first kappa shape index (κ1) is 25.5. The fourth-order valence-corrected chi connectivity index (χ4v) is 4.64. The van der Waals surface area contributed by atoms with E-state index in [9.17, 15) is 9.59 Å². The van der Waals surface area contributed by atoms with Gasteiger partial charge in [0, 0.05) is 35.7 Å². The van der Waals surface area contributed by atoms with Gasteiger partial charge >= 0.3 is 0 Å². The fourth-order valence-electron chi connectivity index (χ4n) is 3.40. The number of hydrogen-bond donors (Lipinski definition) is 1. The average molecular weight is 522 g/mol. The zero-order valence-corrected chi connectivity index (χ0v) is 21.8. The van der Waals surface area contributed by atoms with Crippen LogP contribution in [0.1, 0.15) is 70.9 Å². The lowest BCUT2D eigenvalue weighted by Crippen LogP contribution is -2.18. The van der Waals surface area contributed by atoms with Gasteiger partial charge in [0.05, 0.1) is 33.8 Å². The highest BCUT2D eigenvalue weighted by Gasteiger charge is 2.23. The van der Waals surface area contributed by atoms with Crippen molar-refractivity contribution >= 4 is 40.6 Å². The molecule has 1 N–H and O–H groups in total. The van der Waals surface area contributed by atoms with E-state index in [2.05, 4.69) is 35.2 Å². The number of rotatable bonds is 7. The van der Waals surface area contributed by atoms with Gasteiger partial charge in [-0.1, -0.05) is 39.3 Å². The molecule has 4 heterocycles. The quantitative estimate of drug-likeness (QED) is 0.322. The van der Waals surface area contributed by atoms with Gasteiger partial charge in [0.15, 0.2) is 5.78 Å². The van der Waals surface area contributed by atoms with Crippen LogP contribution >= 0.6 is 22.9 Å². The number of halogens is 1. The van der Waals surface area contributed by atoms with E-state index in [4.69, 9.17) is 11.6 Å². The number of ketones is 1. The van der Waals surface area contributed by atoms with Crippen LogP contribution in [0.15, 0.2) is 49.3 Å². The van der Waals surface area contributed by atoms with E-state index >= 15 is 0 Å². The third kappa shape index (κ3) is 5.95. The largest absolute Gasteiger partial charge is 0.292 e. The van der Waals surface area contributed by atoms with Crippen molar-refractivity contribution < 1.29 is 9.59 Å². The highest BCUT2D eigenvalue weighted by atomic mass is 35.5. The zero-order valence-electron chi connectivity index (χ0n) is 20.2. The first-order chi connectivity index (χ1) is 17.1. The summed E-state index contributed by atoms with van der Waals surface area (Å²) < 4.78 is 0.